The molecular weight excluding hydrogens is 212 g/mol. The fourth-order valence-electron chi connectivity index (χ4n) is 0.707. The van der Waals surface area contributed by atoms with Crippen LogP contribution in [-0.4, -0.2) is 14.9 Å². The summed E-state index contributed by atoms with van der Waals surface area (Å²) in [7, 11) is 0. The van der Waals surface area contributed by atoms with E-state index in [4.69, 9.17) is 0 Å². The standard InChI is InChI=1S/C6H9BrN2S/c1-5-6(3-2-4-7)10-9-8-5/h2-4H2,1H3. The average Bonchev–Trinajstić information content (AvgIpc) is 2.31. The molecule has 0 N–H and O–H groups in total. The predicted molar refractivity (Wildman–Crippen MR) is 46.8 cm³/mol. The maximum atomic E-state index is 3.92. The number of aryl methyl sites for hydroxylation is 2. The third kappa shape index (κ3) is 2.02. The van der Waals surface area contributed by atoms with Crippen LogP contribution < -0.4 is 0 Å². The minimum absolute atomic E-state index is 1.06. The number of rotatable bonds is 3. The van der Waals surface area contributed by atoms with Crippen LogP contribution in [0.2, 0.25) is 0 Å². The molecule has 0 spiro atoms. The van der Waals surface area contributed by atoms with E-state index in [1.165, 1.54) is 22.8 Å². The molecule has 0 saturated carbocycles. The van der Waals surface area contributed by atoms with Crippen LogP contribution in [0.5, 0.6) is 0 Å². The van der Waals surface area contributed by atoms with Crippen LogP contribution in [0.25, 0.3) is 0 Å². The van der Waals surface area contributed by atoms with Gasteiger partial charge in [0.25, 0.3) is 0 Å². The van der Waals surface area contributed by atoms with Crippen molar-refractivity contribution in [1.82, 2.24) is 9.59 Å². The first-order valence-corrected chi connectivity index (χ1v) is 5.08. The normalized spacial score (nSPS) is 10.2. The van der Waals surface area contributed by atoms with Crippen molar-refractivity contribution in [2.75, 3.05) is 5.33 Å². The zero-order valence-corrected chi connectivity index (χ0v) is 8.20. The van der Waals surface area contributed by atoms with Gasteiger partial charge in [0.15, 0.2) is 0 Å². The molecule has 0 bridgehead atoms. The van der Waals surface area contributed by atoms with E-state index in [1.807, 2.05) is 6.92 Å². The van der Waals surface area contributed by atoms with Gasteiger partial charge in [-0.25, -0.2) is 0 Å². The lowest BCUT2D eigenvalue weighted by Crippen LogP contribution is -1.84. The first kappa shape index (κ1) is 8.14. The SMILES string of the molecule is Cc1nnsc1CCCBr. The van der Waals surface area contributed by atoms with E-state index in [-0.39, 0.29) is 0 Å². The smallest absolute Gasteiger partial charge is 0.0756 e. The molecule has 1 heterocycles. The first-order valence-electron chi connectivity index (χ1n) is 3.18. The van der Waals surface area contributed by atoms with Crippen LogP contribution in [0, 0.1) is 6.92 Å². The van der Waals surface area contributed by atoms with Crippen LogP contribution >= 0.6 is 27.5 Å². The van der Waals surface area contributed by atoms with Crippen molar-refractivity contribution in [2.45, 2.75) is 19.8 Å². The molecule has 0 aromatic carbocycles. The fraction of sp³-hybridized carbons (Fsp3) is 0.667. The number of aromatic nitrogens is 2. The second-order valence-electron chi connectivity index (χ2n) is 2.07. The molecule has 0 aliphatic carbocycles. The number of halogens is 1. The maximum Gasteiger partial charge on any atom is 0.0756 e. The van der Waals surface area contributed by atoms with Crippen molar-refractivity contribution in [3.05, 3.63) is 10.6 Å². The number of hydrogen-bond acceptors (Lipinski definition) is 3. The van der Waals surface area contributed by atoms with Crippen molar-refractivity contribution >= 4 is 27.5 Å². The zero-order valence-electron chi connectivity index (χ0n) is 5.80. The van der Waals surface area contributed by atoms with Crippen molar-refractivity contribution in [2.24, 2.45) is 0 Å². The van der Waals surface area contributed by atoms with Crippen molar-refractivity contribution in [1.29, 1.82) is 0 Å². The minimum atomic E-state index is 1.06. The average molecular weight is 221 g/mol. The molecule has 0 atom stereocenters. The molecule has 0 unspecified atom stereocenters. The summed E-state index contributed by atoms with van der Waals surface area (Å²) in [5.74, 6) is 0. The number of hydrogen-bond donors (Lipinski definition) is 0. The Morgan fingerprint density at radius 2 is 2.40 bits per heavy atom. The molecule has 2 nitrogen and oxygen atoms in total. The van der Waals surface area contributed by atoms with E-state index in [0.29, 0.717) is 0 Å². The van der Waals surface area contributed by atoms with Gasteiger partial charge < -0.3 is 0 Å². The molecule has 0 aliphatic rings. The molecule has 10 heavy (non-hydrogen) atoms. The van der Waals surface area contributed by atoms with Gasteiger partial charge in [-0.3, -0.25) is 0 Å². The summed E-state index contributed by atoms with van der Waals surface area (Å²) in [6.07, 6.45) is 2.28. The lowest BCUT2D eigenvalue weighted by molar-refractivity contribution is 0.936. The fourth-order valence-corrected chi connectivity index (χ4v) is 1.66. The van der Waals surface area contributed by atoms with Crippen molar-refractivity contribution < 1.29 is 0 Å². The van der Waals surface area contributed by atoms with Crippen LogP contribution in [0.15, 0.2) is 0 Å². The molecule has 4 heteroatoms. The minimum Gasteiger partial charge on any atom is -0.143 e. The quantitative estimate of drug-likeness (QED) is 0.731. The first-order chi connectivity index (χ1) is 4.84. The Hall–Kier alpha value is 0.0400. The second kappa shape index (κ2) is 4.03. The molecule has 1 rings (SSSR count). The summed E-state index contributed by atoms with van der Waals surface area (Å²) in [5.41, 5.74) is 1.09. The van der Waals surface area contributed by atoms with Crippen molar-refractivity contribution in [3.8, 4) is 0 Å². The molecule has 0 aliphatic heterocycles. The topological polar surface area (TPSA) is 25.8 Å². The summed E-state index contributed by atoms with van der Waals surface area (Å²) in [6.45, 7) is 2.01. The lowest BCUT2D eigenvalue weighted by atomic mass is 10.2. The summed E-state index contributed by atoms with van der Waals surface area (Å²) < 4.78 is 3.85. The van der Waals surface area contributed by atoms with Gasteiger partial charge in [-0.05, 0) is 31.3 Å². The van der Waals surface area contributed by atoms with Gasteiger partial charge in [0.05, 0.1) is 5.69 Å². The largest absolute Gasteiger partial charge is 0.143 e. The Labute approximate surface area is 72.9 Å². The Kier molecular flexibility index (Phi) is 3.28. The van der Waals surface area contributed by atoms with Gasteiger partial charge in [0.1, 0.15) is 0 Å². The number of nitrogens with zero attached hydrogens (tertiary/aromatic N) is 2. The van der Waals surface area contributed by atoms with Gasteiger partial charge in [0, 0.05) is 10.2 Å². The van der Waals surface area contributed by atoms with Crippen LogP contribution in [0.3, 0.4) is 0 Å². The highest BCUT2D eigenvalue weighted by molar-refractivity contribution is 9.09. The summed E-state index contributed by atoms with van der Waals surface area (Å²) in [4.78, 5) is 1.32. The summed E-state index contributed by atoms with van der Waals surface area (Å²) in [6, 6.07) is 0. The number of alkyl halides is 1. The molecule has 56 valence electrons. The van der Waals surface area contributed by atoms with Crippen LogP contribution in [-0.2, 0) is 6.42 Å². The summed E-state index contributed by atoms with van der Waals surface area (Å²) >= 11 is 4.89. The molecule has 0 saturated heterocycles. The Morgan fingerprint density at radius 3 is 2.90 bits per heavy atom. The van der Waals surface area contributed by atoms with Crippen molar-refractivity contribution in [3.63, 3.8) is 0 Å². The third-order valence-corrected chi connectivity index (χ3v) is 2.73. The van der Waals surface area contributed by atoms with Gasteiger partial charge in [0.2, 0.25) is 0 Å². The van der Waals surface area contributed by atoms with Gasteiger partial charge in [-0.15, -0.1) is 5.10 Å². The lowest BCUT2D eigenvalue weighted by Gasteiger charge is -1.91. The molecule has 0 fully saturated rings. The van der Waals surface area contributed by atoms with Gasteiger partial charge >= 0.3 is 0 Å². The molecular formula is C6H9BrN2S. The maximum absolute atomic E-state index is 3.92. The van der Waals surface area contributed by atoms with E-state index >= 15 is 0 Å². The zero-order chi connectivity index (χ0) is 7.40. The summed E-state index contributed by atoms with van der Waals surface area (Å²) in [5, 5.41) is 4.98. The Morgan fingerprint density at radius 1 is 1.60 bits per heavy atom. The molecule has 0 radical (unpaired) electrons. The highest BCUT2D eigenvalue weighted by atomic mass is 79.9. The predicted octanol–water partition coefficient (Wildman–Crippen LogP) is 2.17. The van der Waals surface area contributed by atoms with E-state index in [2.05, 4.69) is 25.5 Å². The van der Waals surface area contributed by atoms with Crippen LogP contribution in [0.4, 0.5) is 0 Å². The Balaban J connectivity index is 2.49. The van der Waals surface area contributed by atoms with E-state index in [0.717, 1.165) is 17.4 Å². The second-order valence-corrected chi connectivity index (χ2v) is 3.71. The molecule has 0 amide bonds. The molecule has 1 aromatic heterocycles. The van der Waals surface area contributed by atoms with Gasteiger partial charge in [-0.1, -0.05) is 20.4 Å². The van der Waals surface area contributed by atoms with E-state index < -0.39 is 0 Å². The van der Waals surface area contributed by atoms with E-state index in [9.17, 15) is 0 Å². The van der Waals surface area contributed by atoms with E-state index in [1.54, 1.807) is 0 Å². The van der Waals surface area contributed by atoms with Gasteiger partial charge in [-0.2, -0.15) is 0 Å². The molecule has 1 aromatic rings. The highest BCUT2D eigenvalue weighted by Crippen LogP contribution is 2.11. The monoisotopic (exact) mass is 220 g/mol. The van der Waals surface area contributed by atoms with Crippen LogP contribution in [0.1, 0.15) is 17.0 Å². The Bertz CT molecular complexity index is 199. The third-order valence-electron chi connectivity index (χ3n) is 1.28. The highest BCUT2D eigenvalue weighted by Gasteiger charge is 2.00.